The number of hydrogen-bond donors (Lipinski definition) is 5. The molecule has 0 unspecified atom stereocenters. The van der Waals surface area contributed by atoms with Crippen LogP contribution >= 0.6 is 70.5 Å². The number of pyridine rings is 3. The number of benzene rings is 2. The molecule has 17 nitrogen and oxygen atoms in total. The molecule has 69 heavy (non-hydrogen) atoms. The minimum Gasteiger partial charge on any atom is -0.423 e. The Balaban J connectivity index is 0.000000201. The highest BCUT2D eigenvalue weighted by Gasteiger charge is 2.33. The van der Waals surface area contributed by atoms with Gasteiger partial charge in [0.2, 0.25) is 0 Å². The molecule has 0 bridgehead atoms. The molecule has 0 fully saturated rings. The molecule has 0 atom stereocenters. The molecular formula is C36H28BCl3F9N15O2S3. The van der Waals surface area contributed by atoms with E-state index in [0.29, 0.717) is 60.1 Å². The Labute approximate surface area is 411 Å². The van der Waals surface area contributed by atoms with Gasteiger partial charge in [-0.25, -0.2) is 0 Å². The molecule has 8 rings (SSSR count). The van der Waals surface area contributed by atoms with Crippen LogP contribution in [0.1, 0.15) is 34.6 Å². The topological polar surface area (TPSA) is 235 Å². The fourth-order valence-electron chi connectivity index (χ4n) is 4.32. The van der Waals surface area contributed by atoms with Crippen LogP contribution in [0.3, 0.4) is 0 Å². The maximum Gasteiger partial charge on any atom is 0.488 e. The lowest BCUT2D eigenvalue weighted by Crippen LogP contribution is -2.29. The van der Waals surface area contributed by atoms with Gasteiger partial charge in [0.15, 0.2) is 17.5 Å². The second-order valence-electron chi connectivity index (χ2n) is 12.4. The van der Waals surface area contributed by atoms with E-state index in [4.69, 9.17) is 44.9 Å². The third kappa shape index (κ3) is 20.4. The number of nitrogens with zero attached hydrogens (tertiary/aromatic N) is 12. The van der Waals surface area contributed by atoms with Gasteiger partial charge in [0.25, 0.3) is 0 Å². The molecule has 0 radical (unpaired) electrons. The number of rotatable bonds is 9. The molecule has 8 aromatic rings. The number of alkyl halides is 10. The molecule has 0 aliphatic heterocycles. The van der Waals surface area contributed by atoms with Crippen LogP contribution in [0.15, 0.2) is 113 Å². The lowest BCUT2D eigenvalue weighted by Gasteiger charge is -2.06. The quantitative estimate of drug-likeness (QED) is 0.0299. The van der Waals surface area contributed by atoms with E-state index in [1.165, 1.54) is 52.7 Å². The number of halogens is 12. The van der Waals surface area contributed by atoms with Crippen LogP contribution in [-0.2, 0) is 35.9 Å². The zero-order chi connectivity index (χ0) is 50.6. The molecule has 0 amide bonds. The summed E-state index contributed by atoms with van der Waals surface area (Å²) in [6.07, 6.45) is -9.81. The van der Waals surface area contributed by atoms with Gasteiger partial charge in [0, 0.05) is 42.9 Å². The molecule has 0 aliphatic carbocycles. The highest BCUT2D eigenvalue weighted by molar-refractivity contribution is 7.98. The van der Waals surface area contributed by atoms with Crippen molar-refractivity contribution in [3.05, 3.63) is 153 Å². The summed E-state index contributed by atoms with van der Waals surface area (Å²) in [6, 6.07) is 20.5. The van der Waals surface area contributed by atoms with Crippen molar-refractivity contribution in [2.45, 2.75) is 45.7 Å². The number of nitrogens with one attached hydrogen (secondary N) is 3. The van der Waals surface area contributed by atoms with Crippen LogP contribution in [0, 0.1) is 4.51 Å². The average molecular weight is 1090 g/mol. The molecule has 6 aromatic heterocycles. The van der Waals surface area contributed by atoms with E-state index in [0.717, 1.165) is 30.6 Å². The van der Waals surface area contributed by atoms with Crippen LogP contribution in [0.2, 0.25) is 10.0 Å². The molecular weight excluding hydrogens is 1060 g/mol. The Bertz CT molecular complexity index is 2800. The van der Waals surface area contributed by atoms with E-state index < -0.39 is 42.7 Å². The number of tetrazole rings is 3. The largest absolute Gasteiger partial charge is 0.488 e. The van der Waals surface area contributed by atoms with Crippen LogP contribution in [0.4, 0.5) is 39.5 Å². The summed E-state index contributed by atoms with van der Waals surface area (Å²) in [5, 5.41) is 56.1. The molecule has 5 N–H and O–H groups in total. The Hall–Kier alpha value is -5.76. The van der Waals surface area contributed by atoms with Crippen molar-refractivity contribution in [3.63, 3.8) is 0 Å². The lowest BCUT2D eigenvalue weighted by molar-refractivity contribution is -0.142. The van der Waals surface area contributed by atoms with Gasteiger partial charge >= 0.3 is 25.6 Å². The van der Waals surface area contributed by atoms with E-state index >= 15 is 0 Å². The summed E-state index contributed by atoms with van der Waals surface area (Å²) in [5.74, 6) is 2.31. The number of aromatic nitrogens is 15. The second kappa shape index (κ2) is 26.9. The van der Waals surface area contributed by atoms with E-state index in [9.17, 15) is 39.5 Å². The normalized spacial score (nSPS) is 11.1. The summed E-state index contributed by atoms with van der Waals surface area (Å²) in [6.45, 7) is 0. The van der Waals surface area contributed by atoms with Gasteiger partial charge in [-0.2, -0.15) is 49.9 Å². The molecule has 364 valence electrons. The summed E-state index contributed by atoms with van der Waals surface area (Å²) >= 11 is 23.6. The monoisotopic (exact) mass is 1090 g/mol. The summed E-state index contributed by atoms with van der Waals surface area (Å²) in [5.41, 5.74) is -1.51. The maximum absolute atomic E-state index is 12.6. The minimum atomic E-state index is -4.47. The summed E-state index contributed by atoms with van der Waals surface area (Å²) < 4.78 is 111. The first-order chi connectivity index (χ1) is 32.6. The predicted molar refractivity (Wildman–Crippen MR) is 238 cm³/mol. The molecule has 0 aliphatic rings. The van der Waals surface area contributed by atoms with Crippen molar-refractivity contribution in [1.82, 2.24) is 76.4 Å². The second-order valence-corrected chi connectivity index (χ2v) is 16.2. The Morgan fingerprint density at radius 1 is 0.638 bits per heavy atom. The number of H-pyrrole nitrogens is 3. The first kappa shape index (κ1) is 55.8. The van der Waals surface area contributed by atoms with E-state index in [2.05, 4.69) is 83.8 Å². The highest BCUT2D eigenvalue weighted by atomic mass is 35.5. The van der Waals surface area contributed by atoms with Gasteiger partial charge in [-0.3, -0.25) is 9.97 Å². The molecule has 0 spiro atoms. The van der Waals surface area contributed by atoms with E-state index in [1.54, 1.807) is 48.5 Å². The fourth-order valence-corrected chi connectivity index (χ4v) is 6.40. The van der Waals surface area contributed by atoms with E-state index in [1.807, 2.05) is 0 Å². The minimum absolute atomic E-state index is 0.177. The van der Waals surface area contributed by atoms with Crippen LogP contribution < -0.4 is 5.46 Å². The smallest absolute Gasteiger partial charge is 0.423 e. The van der Waals surface area contributed by atoms with Crippen molar-refractivity contribution in [2.75, 3.05) is 0 Å². The first-order valence-electron chi connectivity index (χ1n) is 18.4. The molecule has 33 heteroatoms. The van der Waals surface area contributed by atoms with E-state index in [-0.39, 0.29) is 10.3 Å². The highest BCUT2D eigenvalue weighted by Crippen LogP contribution is 2.32. The molecule has 6 heterocycles. The molecule has 2 aromatic carbocycles. The van der Waals surface area contributed by atoms with Crippen molar-refractivity contribution < 1.29 is 49.6 Å². The van der Waals surface area contributed by atoms with Crippen molar-refractivity contribution in [2.24, 2.45) is 0 Å². The van der Waals surface area contributed by atoms with Gasteiger partial charge in [0.05, 0.1) is 23.1 Å². The molecule has 0 saturated heterocycles. The lowest BCUT2D eigenvalue weighted by atomic mass is 9.81. The summed E-state index contributed by atoms with van der Waals surface area (Å²) in [4.78, 5) is 10.9. The van der Waals surface area contributed by atoms with Crippen LogP contribution in [0.5, 0.6) is 0 Å². The first-order valence-corrected chi connectivity index (χ1v) is 22.0. The Kier molecular flexibility index (Phi) is 21.7. The van der Waals surface area contributed by atoms with Crippen molar-refractivity contribution >= 4 is 83.1 Å². The third-order valence-electron chi connectivity index (χ3n) is 7.44. The van der Waals surface area contributed by atoms with Gasteiger partial charge in [0.1, 0.15) is 17.1 Å². The Morgan fingerprint density at radius 3 is 1.57 bits per heavy atom. The maximum atomic E-state index is 12.6. The fraction of sp³-hybridized carbons (Fsp3) is 0.167. The van der Waals surface area contributed by atoms with Gasteiger partial charge < -0.3 is 15.0 Å². The van der Waals surface area contributed by atoms with Crippen molar-refractivity contribution in [3.8, 4) is 5.69 Å². The SMILES string of the molecule is ClCc1nn[nH]n1.FC(F)(F)c1cc(=S)cc[nH]1.FC(F)(F)c1cc(SCc2nn[nH]n2)ccn1.FC(F)(F)c1cc(SCc2nnn(-c3ccc(Cl)cc3)n2)ccn1.OB(O)c1ccc(Cl)cc1. The number of thioether (sulfide) groups is 2. The zero-order valence-corrected chi connectivity index (χ0v) is 38.8. The summed E-state index contributed by atoms with van der Waals surface area (Å²) in [7, 11) is -1.41. The average Bonchev–Trinajstić information content (AvgIpc) is 4.14. The van der Waals surface area contributed by atoms with Crippen LogP contribution in [-0.4, -0.2) is 93.6 Å². The number of aromatic amines is 3. The van der Waals surface area contributed by atoms with Gasteiger partial charge in [-0.05, 0) is 83.5 Å². The van der Waals surface area contributed by atoms with Crippen molar-refractivity contribution in [1.29, 1.82) is 0 Å². The molecule has 0 saturated carbocycles. The van der Waals surface area contributed by atoms with Gasteiger partial charge in [-0.1, -0.05) is 58.0 Å². The van der Waals surface area contributed by atoms with Crippen LogP contribution in [0.25, 0.3) is 5.69 Å². The zero-order valence-electron chi connectivity index (χ0n) is 34.0. The third-order valence-corrected chi connectivity index (χ3v) is 10.4. The number of hydrogen-bond acceptors (Lipinski definition) is 16. The standard InChI is InChI=1S/C14H9ClF3N5S.C8H6F3N5S.C6H6BClO2.C6H4F3NS.C2H3ClN4/c15-9-1-3-10(4-2-9)23-21-13(20-22-23)8-24-11-5-6-19-12(7-11)14(16,17)18;9-8(10,11)6-3-5(1-2-12-6)17-4-7-13-15-16-14-7;8-6-3-1-5(2-4-6)7(9)10;7-6(8,9)5-3-4(11)1-2-10-5;3-1-2-4-6-7-5-2/h1-7H,8H2;1-3H,4H2,(H,13,14,15,16);1-4,9-10H;1-3H,(H,10,11);1H2,(H,4,5,6,7). The Morgan fingerprint density at radius 2 is 1.14 bits per heavy atom. The predicted octanol–water partition coefficient (Wildman–Crippen LogP) is 8.65. The van der Waals surface area contributed by atoms with Gasteiger partial charge in [-0.15, -0.1) is 70.5 Å².